The van der Waals surface area contributed by atoms with Crippen molar-refractivity contribution in [3.63, 3.8) is 0 Å². The number of para-hydroxylation sites is 1. The van der Waals surface area contributed by atoms with Gasteiger partial charge in [0.2, 0.25) is 5.91 Å². The van der Waals surface area contributed by atoms with E-state index in [1.165, 1.54) is 19.1 Å². The summed E-state index contributed by atoms with van der Waals surface area (Å²) in [5.41, 5.74) is 0.816. The molecule has 1 fully saturated rings. The van der Waals surface area contributed by atoms with Crippen LogP contribution in [0, 0.1) is 0 Å². The molecule has 1 aliphatic rings. The standard InChI is InChI=1S/C26H19N3O5S/c1-16(30)27-18-9-7-17(8-10-18)23(31)15-22-24(32)28-26(35)29(25(22)33)19-11-13-21(14-12-19)34-20-5-3-2-4-6-20/h2-15H,1H3,(H,27,30)(H,28,32,35)/b22-15+. The first-order valence-corrected chi connectivity index (χ1v) is 10.9. The van der Waals surface area contributed by atoms with Crippen molar-refractivity contribution >= 4 is 52.2 Å². The van der Waals surface area contributed by atoms with Crippen LogP contribution in [0.5, 0.6) is 11.5 Å². The van der Waals surface area contributed by atoms with Crippen molar-refractivity contribution in [1.82, 2.24) is 5.32 Å². The van der Waals surface area contributed by atoms with Crippen LogP contribution in [0.2, 0.25) is 0 Å². The van der Waals surface area contributed by atoms with Crippen LogP contribution in [-0.2, 0) is 14.4 Å². The predicted molar refractivity (Wildman–Crippen MR) is 134 cm³/mol. The van der Waals surface area contributed by atoms with E-state index >= 15 is 0 Å². The van der Waals surface area contributed by atoms with Gasteiger partial charge >= 0.3 is 0 Å². The van der Waals surface area contributed by atoms with Crippen molar-refractivity contribution in [2.24, 2.45) is 0 Å². The Balaban J connectivity index is 1.54. The molecule has 1 heterocycles. The average Bonchev–Trinajstić information content (AvgIpc) is 2.83. The van der Waals surface area contributed by atoms with E-state index in [0.29, 0.717) is 22.9 Å². The second-order valence-electron chi connectivity index (χ2n) is 7.49. The molecule has 0 aromatic heterocycles. The molecule has 0 unspecified atom stereocenters. The third kappa shape index (κ3) is 5.48. The summed E-state index contributed by atoms with van der Waals surface area (Å²) < 4.78 is 5.76. The lowest BCUT2D eigenvalue weighted by Crippen LogP contribution is -2.54. The fraction of sp³-hybridized carbons (Fsp3) is 0.0385. The molecule has 9 heteroatoms. The highest BCUT2D eigenvalue weighted by Gasteiger charge is 2.35. The van der Waals surface area contributed by atoms with E-state index in [0.717, 1.165) is 11.0 Å². The maximum atomic E-state index is 13.1. The molecule has 4 rings (SSSR count). The summed E-state index contributed by atoms with van der Waals surface area (Å²) in [7, 11) is 0. The third-order valence-corrected chi connectivity index (χ3v) is 5.23. The van der Waals surface area contributed by atoms with Crippen LogP contribution < -0.4 is 20.3 Å². The zero-order valence-corrected chi connectivity index (χ0v) is 19.3. The molecule has 0 saturated carbocycles. The largest absolute Gasteiger partial charge is 0.457 e. The van der Waals surface area contributed by atoms with E-state index in [-0.39, 0.29) is 22.2 Å². The number of rotatable bonds is 6. The van der Waals surface area contributed by atoms with E-state index in [2.05, 4.69) is 10.6 Å². The molecule has 174 valence electrons. The molecule has 0 bridgehead atoms. The Morgan fingerprint density at radius 3 is 2.17 bits per heavy atom. The molecule has 0 atom stereocenters. The Morgan fingerprint density at radius 1 is 0.914 bits per heavy atom. The number of ketones is 1. The molecular formula is C26H19N3O5S. The number of anilines is 2. The summed E-state index contributed by atoms with van der Waals surface area (Å²) in [5, 5.41) is 4.95. The molecule has 0 radical (unpaired) electrons. The molecular weight excluding hydrogens is 466 g/mol. The number of amides is 3. The zero-order valence-electron chi connectivity index (χ0n) is 18.5. The van der Waals surface area contributed by atoms with Crippen LogP contribution >= 0.6 is 12.2 Å². The second-order valence-corrected chi connectivity index (χ2v) is 7.88. The Labute approximate surface area is 206 Å². The van der Waals surface area contributed by atoms with Crippen LogP contribution in [0.25, 0.3) is 0 Å². The fourth-order valence-electron chi connectivity index (χ4n) is 3.32. The lowest BCUT2D eigenvalue weighted by molar-refractivity contribution is -0.122. The van der Waals surface area contributed by atoms with E-state index in [1.807, 2.05) is 30.3 Å². The fourth-order valence-corrected chi connectivity index (χ4v) is 3.60. The number of ether oxygens (including phenoxy) is 1. The minimum Gasteiger partial charge on any atom is -0.457 e. The summed E-state index contributed by atoms with van der Waals surface area (Å²) >= 11 is 5.21. The molecule has 3 amide bonds. The summed E-state index contributed by atoms with van der Waals surface area (Å²) in [6, 6.07) is 21.9. The Hall–Kier alpha value is -4.63. The van der Waals surface area contributed by atoms with Gasteiger partial charge in [0, 0.05) is 24.3 Å². The number of thiocarbonyl (C=S) groups is 1. The average molecular weight is 486 g/mol. The Bertz CT molecular complexity index is 1350. The van der Waals surface area contributed by atoms with Crippen LogP contribution in [0.3, 0.4) is 0 Å². The van der Waals surface area contributed by atoms with Gasteiger partial charge in [-0.15, -0.1) is 0 Å². The lowest BCUT2D eigenvalue weighted by atomic mass is 10.0. The molecule has 2 N–H and O–H groups in total. The Kier molecular flexibility index (Phi) is 6.79. The summed E-state index contributed by atoms with van der Waals surface area (Å²) in [5.74, 6) is -1.07. The van der Waals surface area contributed by atoms with Gasteiger partial charge in [0.1, 0.15) is 17.1 Å². The minimum atomic E-state index is -0.761. The first kappa shape index (κ1) is 23.5. The van der Waals surface area contributed by atoms with Gasteiger partial charge in [-0.2, -0.15) is 0 Å². The number of carbonyl (C=O) groups excluding carboxylic acids is 4. The highest BCUT2D eigenvalue weighted by molar-refractivity contribution is 7.80. The number of hydrogen-bond acceptors (Lipinski definition) is 6. The van der Waals surface area contributed by atoms with Gasteiger partial charge in [0.25, 0.3) is 11.8 Å². The van der Waals surface area contributed by atoms with Crippen LogP contribution in [-0.4, -0.2) is 28.6 Å². The summed E-state index contributed by atoms with van der Waals surface area (Å²) in [4.78, 5) is 50.6. The maximum absolute atomic E-state index is 13.1. The molecule has 1 saturated heterocycles. The van der Waals surface area contributed by atoms with E-state index in [4.69, 9.17) is 17.0 Å². The van der Waals surface area contributed by atoms with Gasteiger partial charge in [-0.05, 0) is 72.9 Å². The topological polar surface area (TPSA) is 105 Å². The van der Waals surface area contributed by atoms with Crippen LogP contribution in [0.4, 0.5) is 11.4 Å². The number of hydrogen-bond donors (Lipinski definition) is 2. The highest BCUT2D eigenvalue weighted by atomic mass is 32.1. The molecule has 1 aliphatic heterocycles. The molecule has 35 heavy (non-hydrogen) atoms. The lowest BCUT2D eigenvalue weighted by Gasteiger charge is -2.28. The van der Waals surface area contributed by atoms with Gasteiger partial charge in [-0.25, -0.2) is 0 Å². The molecule has 0 spiro atoms. The van der Waals surface area contributed by atoms with Crippen molar-refractivity contribution in [2.75, 3.05) is 10.2 Å². The van der Waals surface area contributed by atoms with Gasteiger partial charge in [-0.1, -0.05) is 18.2 Å². The number of nitrogens with one attached hydrogen (secondary N) is 2. The summed E-state index contributed by atoms with van der Waals surface area (Å²) in [6.45, 7) is 1.37. The predicted octanol–water partition coefficient (Wildman–Crippen LogP) is 3.99. The van der Waals surface area contributed by atoms with E-state index in [9.17, 15) is 19.2 Å². The van der Waals surface area contributed by atoms with Crippen molar-refractivity contribution in [3.8, 4) is 11.5 Å². The van der Waals surface area contributed by atoms with Crippen molar-refractivity contribution in [2.45, 2.75) is 6.92 Å². The molecule has 0 aliphatic carbocycles. The van der Waals surface area contributed by atoms with E-state index < -0.39 is 17.6 Å². The number of carbonyl (C=O) groups is 4. The molecule has 8 nitrogen and oxygen atoms in total. The maximum Gasteiger partial charge on any atom is 0.270 e. The van der Waals surface area contributed by atoms with Gasteiger partial charge < -0.3 is 10.1 Å². The van der Waals surface area contributed by atoms with Crippen molar-refractivity contribution < 1.29 is 23.9 Å². The van der Waals surface area contributed by atoms with Gasteiger partial charge in [0.15, 0.2) is 10.9 Å². The zero-order chi connectivity index (χ0) is 24.9. The van der Waals surface area contributed by atoms with Crippen LogP contribution in [0.1, 0.15) is 17.3 Å². The van der Waals surface area contributed by atoms with Crippen molar-refractivity contribution in [1.29, 1.82) is 0 Å². The normalized spacial score (nSPS) is 14.5. The first-order chi connectivity index (χ1) is 16.8. The van der Waals surface area contributed by atoms with Gasteiger partial charge in [-0.3, -0.25) is 29.4 Å². The highest BCUT2D eigenvalue weighted by Crippen LogP contribution is 2.26. The molecule has 3 aromatic carbocycles. The summed E-state index contributed by atoms with van der Waals surface area (Å²) in [6.07, 6.45) is 0.979. The second kappa shape index (κ2) is 10.1. The van der Waals surface area contributed by atoms with Crippen molar-refractivity contribution in [3.05, 3.63) is 96.1 Å². The smallest absolute Gasteiger partial charge is 0.270 e. The first-order valence-electron chi connectivity index (χ1n) is 10.5. The number of nitrogens with zero attached hydrogens (tertiary/aromatic N) is 1. The quantitative estimate of drug-likeness (QED) is 0.237. The molecule has 3 aromatic rings. The van der Waals surface area contributed by atoms with Gasteiger partial charge in [0.05, 0.1) is 5.69 Å². The monoisotopic (exact) mass is 485 g/mol. The minimum absolute atomic E-state index is 0.0963. The number of allylic oxidation sites excluding steroid dienone is 1. The SMILES string of the molecule is CC(=O)Nc1ccc(C(=O)/C=C2\C(=O)NC(=S)N(c3ccc(Oc4ccccc4)cc3)C2=O)cc1. The third-order valence-electron chi connectivity index (χ3n) is 4.94. The van der Waals surface area contributed by atoms with Crippen LogP contribution in [0.15, 0.2) is 90.5 Å². The Morgan fingerprint density at radius 2 is 1.54 bits per heavy atom. The van der Waals surface area contributed by atoms with E-state index in [1.54, 1.807) is 36.4 Å². The number of benzene rings is 3.